The van der Waals surface area contributed by atoms with Crippen LogP contribution in [0.25, 0.3) is 0 Å². The van der Waals surface area contributed by atoms with Gasteiger partial charge in [0.2, 0.25) is 0 Å². The molecule has 0 aliphatic heterocycles. The van der Waals surface area contributed by atoms with E-state index in [0.717, 1.165) is 0 Å². The molecule has 0 saturated heterocycles. The summed E-state index contributed by atoms with van der Waals surface area (Å²) in [6.45, 7) is 2.52. The van der Waals surface area contributed by atoms with Crippen molar-refractivity contribution < 1.29 is 18.3 Å². The minimum Gasteiger partial charge on any atom is -0.382 e. The van der Waals surface area contributed by atoms with Crippen LogP contribution in [0.5, 0.6) is 0 Å². The highest BCUT2D eigenvalue weighted by Gasteiger charge is 2.02. The van der Waals surface area contributed by atoms with Crippen molar-refractivity contribution in [2.45, 2.75) is 13.3 Å². The first-order chi connectivity index (χ1) is 5.68. The fraction of sp³-hybridized carbons (Fsp3) is 0.750. The van der Waals surface area contributed by atoms with Crippen molar-refractivity contribution in [3.05, 3.63) is 11.6 Å². The molecule has 0 fully saturated rings. The average molecular weight is 180 g/mol. The van der Waals surface area contributed by atoms with E-state index in [9.17, 15) is 8.78 Å². The summed E-state index contributed by atoms with van der Waals surface area (Å²) in [5, 5.41) is 0. The van der Waals surface area contributed by atoms with Gasteiger partial charge in [0.15, 0.2) is 0 Å². The van der Waals surface area contributed by atoms with Crippen molar-refractivity contribution in [2.75, 3.05) is 26.9 Å². The van der Waals surface area contributed by atoms with Gasteiger partial charge in [0.1, 0.15) is 0 Å². The lowest BCUT2D eigenvalue weighted by Crippen LogP contribution is -2.02. The summed E-state index contributed by atoms with van der Waals surface area (Å²) in [6.07, 6.45) is -1.00. The SMILES string of the molecule is COCCOC/C=C(\C)C(F)F. The van der Waals surface area contributed by atoms with Crippen molar-refractivity contribution in [3.63, 3.8) is 0 Å². The minimum atomic E-state index is -2.38. The van der Waals surface area contributed by atoms with Crippen LogP contribution in [0.2, 0.25) is 0 Å². The summed E-state index contributed by atoms with van der Waals surface area (Å²) < 4.78 is 33.4. The van der Waals surface area contributed by atoms with Crippen LogP contribution >= 0.6 is 0 Å². The molecule has 0 heterocycles. The molecule has 4 heteroatoms. The molecule has 0 saturated carbocycles. The molecule has 0 bridgehead atoms. The van der Waals surface area contributed by atoms with Crippen LogP contribution in [0.1, 0.15) is 6.92 Å². The number of hydrogen-bond acceptors (Lipinski definition) is 2. The molecular formula is C8H14F2O2. The normalized spacial score (nSPS) is 12.6. The lowest BCUT2D eigenvalue weighted by atomic mass is 10.3. The number of rotatable bonds is 6. The number of methoxy groups -OCH3 is 1. The summed E-state index contributed by atoms with van der Waals surface area (Å²) in [5.74, 6) is 0. The largest absolute Gasteiger partial charge is 0.382 e. The molecule has 12 heavy (non-hydrogen) atoms. The van der Waals surface area contributed by atoms with Gasteiger partial charge in [-0.05, 0) is 12.5 Å². The Morgan fingerprint density at radius 2 is 2.08 bits per heavy atom. The van der Waals surface area contributed by atoms with E-state index < -0.39 is 6.43 Å². The maximum Gasteiger partial charge on any atom is 0.259 e. The topological polar surface area (TPSA) is 18.5 Å². The molecule has 0 aliphatic carbocycles. The molecule has 0 unspecified atom stereocenters. The zero-order valence-corrected chi connectivity index (χ0v) is 7.35. The summed E-state index contributed by atoms with van der Waals surface area (Å²) in [7, 11) is 1.56. The first-order valence-corrected chi connectivity index (χ1v) is 3.70. The van der Waals surface area contributed by atoms with Crippen molar-refractivity contribution >= 4 is 0 Å². The third-order valence-electron chi connectivity index (χ3n) is 1.30. The van der Waals surface area contributed by atoms with Crippen LogP contribution in [0.4, 0.5) is 8.78 Å². The summed E-state index contributed by atoms with van der Waals surface area (Å²) in [6, 6.07) is 0. The minimum absolute atomic E-state index is 0.0485. The summed E-state index contributed by atoms with van der Waals surface area (Å²) in [5.41, 5.74) is 0.0485. The van der Waals surface area contributed by atoms with E-state index in [0.29, 0.717) is 13.2 Å². The third kappa shape index (κ3) is 6.24. The lowest BCUT2D eigenvalue weighted by molar-refractivity contribution is 0.0843. The Hall–Kier alpha value is -0.480. The van der Waals surface area contributed by atoms with Crippen LogP contribution in [0.15, 0.2) is 11.6 Å². The number of hydrogen-bond donors (Lipinski definition) is 0. The Balaban J connectivity index is 3.34. The smallest absolute Gasteiger partial charge is 0.259 e. The van der Waals surface area contributed by atoms with E-state index >= 15 is 0 Å². The molecular weight excluding hydrogens is 166 g/mol. The molecule has 0 aromatic carbocycles. The van der Waals surface area contributed by atoms with Crippen LogP contribution in [-0.4, -0.2) is 33.4 Å². The first kappa shape index (κ1) is 11.5. The molecule has 0 spiro atoms. The second kappa shape index (κ2) is 7.18. The molecule has 0 N–H and O–H groups in total. The maximum atomic E-state index is 11.9. The van der Waals surface area contributed by atoms with E-state index in [4.69, 9.17) is 9.47 Å². The highest BCUT2D eigenvalue weighted by molar-refractivity contribution is 5.00. The molecule has 0 rings (SSSR count). The standard InChI is InChI=1S/C8H14F2O2/c1-7(8(9)10)3-4-12-6-5-11-2/h3,8H,4-6H2,1-2H3/b7-3+. The average Bonchev–Trinajstić information content (AvgIpc) is 2.03. The van der Waals surface area contributed by atoms with E-state index in [1.165, 1.54) is 13.0 Å². The maximum absolute atomic E-state index is 11.9. The molecule has 0 radical (unpaired) electrons. The van der Waals surface area contributed by atoms with Gasteiger partial charge in [0.25, 0.3) is 6.43 Å². The monoisotopic (exact) mass is 180 g/mol. The summed E-state index contributed by atoms with van der Waals surface area (Å²) >= 11 is 0. The zero-order chi connectivity index (χ0) is 9.40. The lowest BCUT2D eigenvalue weighted by Gasteiger charge is -2.01. The zero-order valence-electron chi connectivity index (χ0n) is 7.35. The highest BCUT2D eigenvalue weighted by atomic mass is 19.3. The van der Waals surface area contributed by atoms with E-state index in [2.05, 4.69) is 0 Å². The van der Waals surface area contributed by atoms with Crippen LogP contribution < -0.4 is 0 Å². The highest BCUT2D eigenvalue weighted by Crippen LogP contribution is 2.05. The van der Waals surface area contributed by atoms with E-state index in [-0.39, 0.29) is 12.2 Å². The second-order valence-electron chi connectivity index (χ2n) is 2.32. The number of ether oxygens (including phenoxy) is 2. The fourth-order valence-electron chi connectivity index (χ4n) is 0.505. The first-order valence-electron chi connectivity index (χ1n) is 3.70. The molecule has 0 aromatic heterocycles. The van der Waals surface area contributed by atoms with Gasteiger partial charge in [0.05, 0.1) is 19.8 Å². The number of alkyl halides is 2. The van der Waals surface area contributed by atoms with E-state index in [1.807, 2.05) is 0 Å². The molecule has 0 amide bonds. The van der Waals surface area contributed by atoms with Crippen molar-refractivity contribution in [2.24, 2.45) is 0 Å². The van der Waals surface area contributed by atoms with Crippen LogP contribution in [-0.2, 0) is 9.47 Å². The van der Waals surface area contributed by atoms with Crippen molar-refractivity contribution in [1.82, 2.24) is 0 Å². The molecule has 0 atom stereocenters. The van der Waals surface area contributed by atoms with Crippen molar-refractivity contribution in [3.8, 4) is 0 Å². The molecule has 0 aliphatic rings. The van der Waals surface area contributed by atoms with Gasteiger partial charge in [-0.15, -0.1) is 0 Å². The molecule has 2 nitrogen and oxygen atoms in total. The molecule has 72 valence electrons. The van der Waals surface area contributed by atoms with E-state index in [1.54, 1.807) is 7.11 Å². The Morgan fingerprint density at radius 1 is 1.42 bits per heavy atom. The van der Waals surface area contributed by atoms with Gasteiger partial charge >= 0.3 is 0 Å². The van der Waals surface area contributed by atoms with Gasteiger partial charge in [-0.25, -0.2) is 8.78 Å². The predicted molar refractivity (Wildman–Crippen MR) is 42.5 cm³/mol. The van der Waals surface area contributed by atoms with Gasteiger partial charge in [-0.1, -0.05) is 6.08 Å². The van der Waals surface area contributed by atoms with Gasteiger partial charge in [-0.3, -0.25) is 0 Å². The Bertz CT molecular complexity index is 135. The number of allylic oxidation sites excluding steroid dienone is 1. The van der Waals surface area contributed by atoms with Gasteiger partial charge in [0, 0.05) is 7.11 Å². The van der Waals surface area contributed by atoms with Gasteiger partial charge < -0.3 is 9.47 Å². The number of halogens is 2. The summed E-state index contributed by atoms with van der Waals surface area (Å²) in [4.78, 5) is 0. The molecule has 0 aromatic rings. The van der Waals surface area contributed by atoms with Crippen molar-refractivity contribution in [1.29, 1.82) is 0 Å². The van der Waals surface area contributed by atoms with Gasteiger partial charge in [-0.2, -0.15) is 0 Å². The third-order valence-corrected chi connectivity index (χ3v) is 1.30. The predicted octanol–water partition coefficient (Wildman–Crippen LogP) is 1.86. The Morgan fingerprint density at radius 3 is 2.58 bits per heavy atom. The second-order valence-corrected chi connectivity index (χ2v) is 2.32. The van der Waals surface area contributed by atoms with Crippen LogP contribution in [0, 0.1) is 0 Å². The quantitative estimate of drug-likeness (QED) is 0.459. The van der Waals surface area contributed by atoms with Crippen LogP contribution in [0.3, 0.4) is 0 Å². The Kier molecular flexibility index (Phi) is 6.90. The Labute approximate surface area is 71.2 Å². The fourth-order valence-corrected chi connectivity index (χ4v) is 0.505.